The van der Waals surface area contributed by atoms with Crippen molar-refractivity contribution in [2.24, 2.45) is 0 Å². The van der Waals surface area contributed by atoms with Crippen molar-refractivity contribution in [3.05, 3.63) is 11.3 Å². The molecule has 1 aliphatic heterocycles. The Kier molecular flexibility index (Phi) is 4.64. The summed E-state index contributed by atoms with van der Waals surface area (Å²) in [5.74, 6) is -1.29. The Morgan fingerprint density at radius 3 is 2.48 bits per heavy atom. The number of carboxylic acids is 1. The molecular formula is C12H20N4O4S. The van der Waals surface area contributed by atoms with Crippen molar-refractivity contribution >= 4 is 16.0 Å². The Hall–Kier alpha value is -1.45. The zero-order valence-corrected chi connectivity index (χ0v) is 13.0. The van der Waals surface area contributed by atoms with Gasteiger partial charge in [-0.15, -0.1) is 0 Å². The molecule has 0 aliphatic carbocycles. The van der Waals surface area contributed by atoms with Gasteiger partial charge in [-0.2, -0.15) is 9.40 Å². The Morgan fingerprint density at radius 2 is 1.95 bits per heavy atom. The van der Waals surface area contributed by atoms with Gasteiger partial charge in [0.2, 0.25) is 5.03 Å². The number of aryl methyl sites for hydroxylation is 1. The first-order valence-electron chi connectivity index (χ1n) is 6.88. The van der Waals surface area contributed by atoms with Crippen LogP contribution < -0.4 is 0 Å². The van der Waals surface area contributed by atoms with Gasteiger partial charge in [-0.05, 0) is 19.9 Å². The van der Waals surface area contributed by atoms with Gasteiger partial charge in [-0.25, -0.2) is 13.2 Å². The zero-order chi connectivity index (χ0) is 15.6. The lowest BCUT2D eigenvalue weighted by Crippen LogP contribution is -2.48. The quantitative estimate of drug-likeness (QED) is 0.800. The lowest BCUT2D eigenvalue weighted by molar-refractivity contribution is 0.0691. The molecule has 1 aromatic heterocycles. The minimum absolute atomic E-state index is 0.241. The van der Waals surface area contributed by atoms with Gasteiger partial charge >= 0.3 is 5.97 Å². The fraction of sp³-hybridized carbons (Fsp3) is 0.667. The molecule has 21 heavy (non-hydrogen) atoms. The maximum Gasteiger partial charge on any atom is 0.340 e. The summed E-state index contributed by atoms with van der Waals surface area (Å²) >= 11 is 0. The van der Waals surface area contributed by atoms with Crippen LogP contribution in [0.15, 0.2) is 5.03 Å². The fourth-order valence-corrected chi connectivity index (χ4v) is 4.03. The molecule has 0 bridgehead atoms. The number of carbonyl (C=O) groups is 1. The summed E-state index contributed by atoms with van der Waals surface area (Å²) in [5, 5.41) is 14.9. The van der Waals surface area contributed by atoms with Gasteiger partial charge in [-0.1, -0.05) is 6.92 Å². The minimum Gasteiger partial charge on any atom is -0.478 e. The lowest BCUT2D eigenvalue weighted by atomic mass is 10.3. The number of piperazine rings is 1. The van der Waals surface area contributed by atoms with Gasteiger partial charge in [0, 0.05) is 31.9 Å². The highest BCUT2D eigenvalue weighted by atomic mass is 32.2. The number of H-pyrrole nitrogens is 1. The number of sulfonamides is 1. The molecule has 0 atom stereocenters. The highest BCUT2D eigenvalue weighted by Crippen LogP contribution is 2.21. The maximum atomic E-state index is 12.6. The summed E-state index contributed by atoms with van der Waals surface area (Å²) in [6.45, 7) is 6.53. The van der Waals surface area contributed by atoms with E-state index >= 15 is 0 Å². The second kappa shape index (κ2) is 6.12. The van der Waals surface area contributed by atoms with E-state index in [0.717, 1.165) is 13.0 Å². The van der Waals surface area contributed by atoms with Crippen molar-refractivity contribution in [2.75, 3.05) is 32.7 Å². The number of nitrogens with one attached hydrogen (secondary N) is 1. The number of aromatic nitrogens is 2. The molecule has 0 unspecified atom stereocenters. The molecule has 2 rings (SSSR count). The van der Waals surface area contributed by atoms with E-state index < -0.39 is 21.0 Å². The van der Waals surface area contributed by atoms with E-state index in [0.29, 0.717) is 26.2 Å². The molecule has 118 valence electrons. The summed E-state index contributed by atoms with van der Waals surface area (Å²) < 4.78 is 26.4. The molecule has 0 radical (unpaired) electrons. The Balaban J connectivity index is 2.22. The molecule has 8 nitrogen and oxygen atoms in total. The van der Waals surface area contributed by atoms with E-state index in [-0.39, 0.29) is 11.3 Å². The molecule has 1 aromatic rings. The number of rotatable bonds is 5. The molecule has 1 aliphatic rings. The van der Waals surface area contributed by atoms with E-state index in [2.05, 4.69) is 22.0 Å². The summed E-state index contributed by atoms with van der Waals surface area (Å²) in [6.07, 6.45) is 1.02. The van der Waals surface area contributed by atoms with Gasteiger partial charge in [0.15, 0.2) is 0 Å². The van der Waals surface area contributed by atoms with Gasteiger partial charge in [0.05, 0.1) is 0 Å². The van der Waals surface area contributed by atoms with Crippen LogP contribution in [-0.4, -0.2) is 71.6 Å². The van der Waals surface area contributed by atoms with Crippen LogP contribution in [0.2, 0.25) is 0 Å². The average Bonchev–Trinajstić information content (AvgIpc) is 2.82. The van der Waals surface area contributed by atoms with Crippen LogP contribution in [0, 0.1) is 6.92 Å². The molecule has 0 saturated carbocycles. The largest absolute Gasteiger partial charge is 0.478 e. The van der Waals surface area contributed by atoms with Crippen molar-refractivity contribution in [3.63, 3.8) is 0 Å². The van der Waals surface area contributed by atoms with Crippen LogP contribution in [0.4, 0.5) is 0 Å². The van der Waals surface area contributed by atoms with Crippen molar-refractivity contribution in [2.45, 2.75) is 25.3 Å². The van der Waals surface area contributed by atoms with Crippen LogP contribution in [0.5, 0.6) is 0 Å². The molecular weight excluding hydrogens is 296 g/mol. The Bertz CT molecular complexity index is 617. The third-order valence-electron chi connectivity index (χ3n) is 3.58. The zero-order valence-electron chi connectivity index (χ0n) is 12.2. The Morgan fingerprint density at radius 1 is 1.33 bits per heavy atom. The number of nitrogens with zero attached hydrogens (tertiary/aromatic N) is 3. The predicted molar refractivity (Wildman–Crippen MR) is 75.8 cm³/mol. The highest BCUT2D eigenvalue weighted by molar-refractivity contribution is 7.89. The van der Waals surface area contributed by atoms with Crippen LogP contribution in [0.25, 0.3) is 0 Å². The second-order valence-electron chi connectivity index (χ2n) is 5.08. The van der Waals surface area contributed by atoms with E-state index in [1.165, 1.54) is 11.2 Å². The molecule has 1 saturated heterocycles. The van der Waals surface area contributed by atoms with Crippen molar-refractivity contribution in [1.29, 1.82) is 0 Å². The number of aromatic amines is 1. The van der Waals surface area contributed by atoms with Gasteiger partial charge in [0.1, 0.15) is 5.56 Å². The van der Waals surface area contributed by atoms with Crippen LogP contribution >= 0.6 is 0 Å². The van der Waals surface area contributed by atoms with E-state index in [1.807, 2.05) is 0 Å². The molecule has 0 amide bonds. The molecule has 0 spiro atoms. The van der Waals surface area contributed by atoms with Gasteiger partial charge in [-0.3, -0.25) is 5.10 Å². The first kappa shape index (κ1) is 15.9. The molecule has 9 heteroatoms. The fourth-order valence-electron chi connectivity index (χ4n) is 2.48. The second-order valence-corrected chi connectivity index (χ2v) is 6.93. The maximum absolute atomic E-state index is 12.6. The lowest BCUT2D eigenvalue weighted by Gasteiger charge is -2.33. The monoisotopic (exact) mass is 316 g/mol. The molecule has 1 fully saturated rings. The number of hydrogen-bond donors (Lipinski definition) is 2. The van der Waals surface area contributed by atoms with E-state index in [4.69, 9.17) is 5.11 Å². The van der Waals surface area contributed by atoms with Crippen LogP contribution in [0.3, 0.4) is 0 Å². The van der Waals surface area contributed by atoms with Crippen LogP contribution in [0.1, 0.15) is 29.4 Å². The number of aromatic carboxylic acids is 1. The summed E-state index contributed by atoms with van der Waals surface area (Å²) in [5.41, 5.74) is -0.0309. The number of hydrogen-bond acceptors (Lipinski definition) is 5. The third-order valence-corrected chi connectivity index (χ3v) is 5.41. The summed E-state index contributed by atoms with van der Waals surface area (Å²) in [6, 6.07) is 0. The molecule has 2 heterocycles. The Labute approximate surface area is 123 Å². The summed E-state index contributed by atoms with van der Waals surface area (Å²) in [4.78, 5) is 13.4. The average molecular weight is 316 g/mol. The first-order chi connectivity index (χ1) is 9.87. The van der Waals surface area contributed by atoms with Gasteiger partial charge in [0.25, 0.3) is 10.0 Å². The van der Waals surface area contributed by atoms with E-state index in [1.54, 1.807) is 0 Å². The SMILES string of the molecule is CCCN1CCN(S(=O)(=O)c2n[nH]c(C)c2C(=O)O)CC1. The summed E-state index contributed by atoms with van der Waals surface area (Å²) in [7, 11) is -3.87. The normalized spacial score (nSPS) is 18.0. The van der Waals surface area contributed by atoms with Crippen molar-refractivity contribution in [1.82, 2.24) is 19.4 Å². The molecule has 2 N–H and O–H groups in total. The van der Waals surface area contributed by atoms with Crippen molar-refractivity contribution in [3.8, 4) is 0 Å². The van der Waals surface area contributed by atoms with Gasteiger partial charge < -0.3 is 10.0 Å². The standard InChI is InChI=1S/C12H20N4O4S/c1-3-4-15-5-7-16(8-6-15)21(19,20)11-10(12(17)18)9(2)13-14-11/h3-8H2,1-2H3,(H,13,14)(H,17,18). The molecule has 0 aromatic carbocycles. The first-order valence-corrected chi connectivity index (χ1v) is 8.32. The minimum atomic E-state index is -3.87. The number of carboxylic acid groups (broad SMARTS) is 1. The van der Waals surface area contributed by atoms with Crippen LogP contribution in [-0.2, 0) is 10.0 Å². The van der Waals surface area contributed by atoms with Crippen molar-refractivity contribution < 1.29 is 18.3 Å². The highest BCUT2D eigenvalue weighted by Gasteiger charge is 2.34. The third kappa shape index (κ3) is 3.09. The van der Waals surface area contributed by atoms with E-state index in [9.17, 15) is 13.2 Å². The predicted octanol–water partition coefficient (Wildman–Crippen LogP) is 0.133. The topological polar surface area (TPSA) is 107 Å². The smallest absolute Gasteiger partial charge is 0.340 e.